The molecule has 0 aromatic carbocycles. The molecular formula is C5H6Cl3NO2. The van der Waals surface area contributed by atoms with E-state index in [1.807, 2.05) is 0 Å². The van der Waals surface area contributed by atoms with Gasteiger partial charge in [-0.25, -0.2) is 4.79 Å². The summed E-state index contributed by atoms with van der Waals surface area (Å²) < 4.78 is 0. The monoisotopic (exact) mass is 217 g/mol. The molecule has 0 rings (SSSR count). The zero-order valence-corrected chi connectivity index (χ0v) is 7.95. The lowest BCUT2D eigenvalue weighted by atomic mass is 10.5. The molecule has 64 valence electrons. The molecule has 0 spiro atoms. The zero-order valence-electron chi connectivity index (χ0n) is 5.68. The number of carbonyl (C=O) groups excluding carboxylic acids is 1. The maximum absolute atomic E-state index is 10.4. The van der Waals surface area contributed by atoms with Gasteiger partial charge in [-0.3, -0.25) is 0 Å². The first-order valence-corrected chi connectivity index (χ1v) is 4.07. The van der Waals surface area contributed by atoms with Crippen LogP contribution in [0.2, 0.25) is 0 Å². The third kappa shape index (κ3) is 5.30. The van der Waals surface area contributed by atoms with Crippen molar-refractivity contribution >= 4 is 46.5 Å². The molecule has 0 aromatic rings. The molecule has 0 atom stereocenters. The summed E-state index contributed by atoms with van der Waals surface area (Å²) in [5.41, 5.74) is 0.312. The minimum Gasteiger partial charge on any atom is -0.317 e. The Hall–Kier alpha value is 0.01000. The first kappa shape index (κ1) is 11.0. The second-order valence-electron chi connectivity index (χ2n) is 1.63. The molecule has 0 N–H and O–H groups in total. The molecule has 0 bridgehead atoms. The topological polar surface area (TPSA) is 38.7 Å². The third-order valence-corrected chi connectivity index (χ3v) is 1.57. The van der Waals surface area contributed by atoms with Gasteiger partial charge in [0.2, 0.25) is 0 Å². The normalized spacial score (nSPS) is 11.9. The molecule has 0 aliphatic carbocycles. The van der Waals surface area contributed by atoms with Crippen LogP contribution in [0.4, 0.5) is 0 Å². The maximum atomic E-state index is 10.4. The Balaban J connectivity index is 3.82. The van der Waals surface area contributed by atoms with Gasteiger partial charge in [0.15, 0.2) is 0 Å². The van der Waals surface area contributed by atoms with Crippen molar-refractivity contribution in [2.24, 2.45) is 5.16 Å². The molecule has 3 nitrogen and oxygen atoms in total. The van der Waals surface area contributed by atoms with E-state index in [2.05, 4.69) is 9.99 Å². The average molecular weight is 218 g/mol. The van der Waals surface area contributed by atoms with Crippen molar-refractivity contribution in [1.82, 2.24) is 0 Å². The van der Waals surface area contributed by atoms with Gasteiger partial charge in [-0.1, -0.05) is 28.4 Å². The molecule has 0 aromatic heterocycles. The van der Waals surface area contributed by atoms with Crippen molar-refractivity contribution in [1.29, 1.82) is 0 Å². The molecule has 0 radical (unpaired) electrons. The minimum atomic E-state index is -0.766. The van der Waals surface area contributed by atoms with Crippen LogP contribution in [-0.4, -0.2) is 22.4 Å². The number of carbonyl (C=O) groups is 1. The fourth-order valence-electron chi connectivity index (χ4n) is 0.187. The summed E-state index contributed by atoms with van der Waals surface area (Å²) in [5, 5.41) is 3.31. The standard InChI is InChI=1S/C5H6Cl3NO2/c1-3(5(7)8)9-11-4(10)2-6/h5H,2H2,1H3/b9-3+. The van der Waals surface area contributed by atoms with E-state index in [0.717, 1.165) is 0 Å². The van der Waals surface area contributed by atoms with Crippen LogP contribution >= 0.6 is 34.8 Å². The van der Waals surface area contributed by atoms with Crippen LogP contribution in [-0.2, 0) is 9.63 Å². The summed E-state index contributed by atoms with van der Waals surface area (Å²) in [7, 11) is 0. The molecule has 0 aliphatic rings. The first-order chi connectivity index (χ1) is 5.07. The van der Waals surface area contributed by atoms with Crippen LogP contribution in [0.1, 0.15) is 6.92 Å². The first-order valence-electron chi connectivity index (χ1n) is 2.66. The van der Waals surface area contributed by atoms with Gasteiger partial charge in [0.1, 0.15) is 10.7 Å². The number of oxime groups is 1. The molecule has 0 unspecified atom stereocenters. The van der Waals surface area contributed by atoms with Gasteiger partial charge in [0, 0.05) is 0 Å². The molecule has 6 heteroatoms. The van der Waals surface area contributed by atoms with Gasteiger partial charge in [0.05, 0.1) is 5.71 Å². The van der Waals surface area contributed by atoms with Crippen LogP contribution in [0.5, 0.6) is 0 Å². The summed E-state index contributed by atoms with van der Waals surface area (Å²) >= 11 is 15.8. The van der Waals surface area contributed by atoms with Crippen molar-refractivity contribution < 1.29 is 9.63 Å². The number of rotatable bonds is 3. The predicted molar refractivity (Wildman–Crippen MR) is 45.4 cm³/mol. The molecule has 0 saturated heterocycles. The Kier molecular flexibility index (Phi) is 5.64. The van der Waals surface area contributed by atoms with E-state index in [0.29, 0.717) is 5.71 Å². The second kappa shape index (κ2) is 5.63. The van der Waals surface area contributed by atoms with Gasteiger partial charge < -0.3 is 4.84 Å². The van der Waals surface area contributed by atoms with Gasteiger partial charge in [-0.15, -0.1) is 11.6 Å². The van der Waals surface area contributed by atoms with Crippen LogP contribution < -0.4 is 0 Å². The van der Waals surface area contributed by atoms with E-state index in [1.54, 1.807) is 0 Å². The van der Waals surface area contributed by atoms with Crippen molar-refractivity contribution in [2.45, 2.75) is 11.8 Å². The van der Waals surface area contributed by atoms with Crippen LogP contribution in [0, 0.1) is 0 Å². The Bertz CT molecular complexity index is 169. The lowest BCUT2D eigenvalue weighted by Crippen LogP contribution is -2.07. The fraction of sp³-hybridized carbons (Fsp3) is 0.600. The number of hydrogen-bond acceptors (Lipinski definition) is 3. The molecular weight excluding hydrogens is 212 g/mol. The lowest BCUT2D eigenvalue weighted by Gasteiger charge is -1.97. The van der Waals surface area contributed by atoms with Crippen molar-refractivity contribution in [2.75, 3.05) is 5.88 Å². The van der Waals surface area contributed by atoms with Gasteiger partial charge >= 0.3 is 5.97 Å². The van der Waals surface area contributed by atoms with Gasteiger partial charge in [-0.05, 0) is 6.92 Å². The summed E-state index contributed by atoms with van der Waals surface area (Å²) in [6.45, 7) is 1.53. The second-order valence-corrected chi connectivity index (χ2v) is 2.99. The highest BCUT2D eigenvalue weighted by Gasteiger charge is 2.05. The summed E-state index contributed by atoms with van der Waals surface area (Å²) in [6.07, 6.45) is 0. The summed E-state index contributed by atoms with van der Waals surface area (Å²) in [6, 6.07) is 0. The Morgan fingerprint density at radius 2 is 2.18 bits per heavy atom. The van der Waals surface area contributed by atoms with E-state index in [4.69, 9.17) is 34.8 Å². The van der Waals surface area contributed by atoms with E-state index in [-0.39, 0.29) is 5.88 Å². The van der Waals surface area contributed by atoms with E-state index < -0.39 is 10.8 Å². The highest BCUT2D eigenvalue weighted by molar-refractivity contribution is 6.54. The van der Waals surface area contributed by atoms with Gasteiger partial charge in [0.25, 0.3) is 0 Å². The van der Waals surface area contributed by atoms with E-state index >= 15 is 0 Å². The fourth-order valence-corrected chi connectivity index (χ4v) is 0.316. The SMILES string of the molecule is C/C(=N\OC(=O)CCl)C(Cl)Cl. The third-order valence-electron chi connectivity index (χ3n) is 0.716. The van der Waals surface area contributed by atoms with E-state index in [1.165, 1.54) is 6.92 Å². The Morgan fingerprint density at radius 3 is 2.55 bits per heavy atom. The molecule has 0 fully saturated rings. The molecule has 11 heavy (non-hydrogen) atoms. The van der Waals surface area contributed by atoms with Crippen molar-refractivity contribution in [3.05, 3.63) is 0 Å². The quantitative estimate of drug-likeness (QED) is 0.314. The minimum absolute atomic E-state index is 0.244. The van der Waals surface area contributed by atoms with Crippen LogP contribution in [0.15, 0.2) is 5.16 Å². The number of halogens is 3. The van der Waals surface area contributed by atoms with Crippen LogP contribution in [0.3, 0.4) is 0 Å². The predicted octanol–water partition coefficient (Wildman–Crippen LogP) is 1.95. The zero-order chi connectivity index (χ0) is 8.85. The summed E-state index contributed by atoms with van der Waals surface area (Å²) in [5.74, 6) is -0.883. The highest BCUT2D eigenvalue weighted by atomic mass is 35.5. The lowest BCUT2D eigenvalue weighted by molar-refractivity contribution is -0.140. The number of alkyl halides is 3. The molecule has 0 aliphatic heterocycles. The number of hydrogen-bond donors (Lipinski definition) is 0. The number of nitrogens with zero attached hydrogens (tertiary/aromatic N) is 1. The highest BCUT2D eigenvalue weighted by Crippen LogP contribution is 2.04. The largest absolute Gasteiger partial charge is 0.349 e. The summed E-state index contributed by atoms with van der Waals surface area (Å²) in [4.78, 5) is 13.9. The van der Waals surface area contributed by atoms with Crippen LogP contribution in [0.25, 0.3) is 0 Å². The van der Waals surface area contributed by atoms with Crippen molar-refractivity contribution in [3.63, 3.8) is 0 Å². The Morgan fingerprint density at radius 1 is 1.64 bits per heavy atom. The molecule has 0 amide bonds. The molecule has 0 saturated carbocycles. The smallest absolute Gasteiger partial charge is 0.317 e. The maximum Gasteiger partial charge on any atom is 0.349 e. The van der Waals surface area contributed by atoms with E-state index in [9.17, 15) is 4.79 Å². The van der Waals surface area contributed by atoms with Gasteiger partial charge in [-0.2, -0.15) is 0 Å². The van der Waals surface area contributed by atoms with Crippen molar-refractivity contribution in [3.8, 4) is 0 Å². The average Bonchev–Trinajstić information content (AvgIpc) is 1.99. The molecule has 0 heterocycles. The Labute approximate surface area is 79.2 Å².